The molecule has 4 rings (SSSR count). The van der Waals surface area contributed by atoms with Crippen molar-refractivity contribution in [3.63, 3.8) is 0 Å². The van der Waals surface area contributed by atoms with Gasteiger partial charge in [-0.2, -0.15) is 0 Å². The largest absolute Gasteiger partial charge is 0.317 e. The van der Waals surface area contributed by atoms with Crippen LogP contribution in [0.3, 0.4) is 0 Å². The maximum Gasteiger partial charge on any atom is 0.160 e. The highest BCUT2D eigenvalue weighted by Gasteiger charge is 2.32. The molecule has 1 saturated heterocycles. The molecule has 19 heavy (non-hydrogen) atoms. The third-order valence-corrected chi connectivity index (χ3v) is 4.31. The summed E-state index contributed by atoms with van der Waals surface area (Å²) in [6, 6.07) is 2.75. The van der Waals surface area contributed by atoms with Crippen LogP contribution in [0.4, 0.5) is 0 Å². The Morgan fingerprint density at radius 3 is 2.74 bits per heavy atom. The van der Waals surface area contributed by atoms with E-state index in [2.05, 4.69) is 27.9 Å². The van der Waals surface area contributed by atoms with Crippen LogP contribution in [0.2, 0.25) is 0 Å². The third kappa shape index (κ3) is 1.94. The molecule has 1 aliphatic heterocycles. The lowest BCUT2D eigenvalue weighted by Gasteiger charge is -2.25. The molecule has 0 aromatic carbocycles. The number of nitrogens with one attached hydrogen (secondary N) is 1. The van der Waals surface area contributed by atoms with Crippen molar-refractivity contribution >= 4 is 11.2 Å². The van der Waals surface area contributed by atoms with Gasteiger partial charge in [-0.05, 0) is 57.3 Å². The van der Waals surface area contributed by atoms with Gasteiger partial charge in [-0.3, -0.25) is 0 Å². The number of pyridine rings is 1. The summed E-state index contributed by atoms with van der Waals surface area (Å²) in [6.07, 6.45) is 6.96. The van der Waals surface area contributed by atoms with Crippen LogP contribution < -0.4 is 5.32 Å². The Morgan fingerprint density at radius 2 is 2.00 bits per heavy atom. The molecule has 0 amide bonds. The Bertz CT molecular complexity index is 606. The quantitative estimate of drug-likeness (QED) is 0.898. The average Bonchev–Trinajstić information content (AvgIpc) is 3.21. The van der Waals surface area contributed by atoms with Crippen LogP contribution in [-0.4, -0.2) is 27.6 Å². The van der Waals surface area contributed by atoms with E-state index >= 15 is 0 Å². The number of rotatable bonds is 2. The summed E-state index contributed by atoms with van der Waals surface area (Å²) in [6.45, 7) is 4.31. The Morgan fingerprint density at radius 1 is 1.21 bits per heavy atom. The number of aryl methyl sites for hydroxylation is 1. The van der Waals surface area contributed by atoms with Gasteiger partial charge >= 0.3 is 0 Å². The fourth-order valence-electron chi connectivity index (χ4n) is 3.15. The first-order valence-electron chi connectivity index (χ1n) is 7.38. The first kappa shape index (κ1) is 11.4. The van der Waals surface area contributed by atoms with Crippen molar-refractivity contribution in [2.24, 2.45) is 0 Å². The molecule has 2 aromatic heterocycles. The van der Waals surface area contributed by atoms with Crippen LogP contribution in [0, 0.1) is 6.92 Å². The van der Waals surface area contributed by atoms with Crippen molar-refractivity contribution in [1.29, 1.82) is 0 Å². The molecule has 4 heteroatoms. The maximum absolute atomic E-state index is 4.89. The Kier molecular flexibility index (Phi) is 2.58. The highest BCUT2D eigenvalue weighted by Crippen LogP contribution is 2.42. The van der Waals surface area contributed by atoms with E-state index in [4.69, 9.17) is 4.98 Å². The number of nitrogens with zero attached hydrogens (tertiary/aromatic N) is 3. The molecule has 2 fully saturated rings. The Labute approximate surface area is 113 Å². The maximum atomic E-state index is 4.89. The second-order valence-corrected chi connectivity index (χ2v) is 5.95. The lowest BCUT2D eigenvalue weighted by molar-refractivity contribution is 0.365. The highest BCUT2D eigenvalue weighted by atomic mass is 15.2. The molecule has 0 radical (unpaired) electrons. The van der Waals surface area contributed by atoms with Gasteiger partial charge in [0.15, 0.2) is 5.65 Å². The molecule has 1 saturated carbocycles. The number of piperidine rings is 1. The summed E-state index contributed by atoms with van der Waals surface area (Å²) in [4.78, 5) is 9.56. The van der Waals surface area contributed by atoms with Gasteiger partial charge in [0, 0.05) is 18.2 Å². The SMILES string of the molecule is Cc1cnc2c(c1)nc(C1CC1)n2C1CCNCC1. The minimum absolute atomic E-state index is 0.581. The van der Waals surface area contributed by atoms with Crippen LogP contribution in [-0.2, 0) is 0 Å². The van der Waals surface area contributed by atoms with E-state index in [0.717, 1.165) is 24.3 Å². The first-order valence-corrected chi connectivity index (χ1v) is 7.38. The molecule has 0 atom stereocenters. The van der Waals surface area contributed by atoms with Crippen molar-refractivity contribution in [2.75, 3.05) is 13.1 Å². The van der Waals surface area contributed by atoms with Crippen LogP contribution in [0.5, 0.6) is 0 Å². The van der Waals surface area contributed by atoms with Gasteiger partial charge in [-0.15, -0.1) is 0 Å². The number of hydrogen-bond donors (Lipinski definition) is 1. The summed E-state index contributed by atoms with van der Waals surface area (Å²) in [5.74, 6) is 1.98. The van der Waals surface area contributed by atoms with E-state index < -0.39 is 0 Å². The van der Waals surface area contributed by atoms with Gasteiger partial charge in [0.1, 0.15) is 11.3 Å². The van der Waals surface area contributed by atoms with Crippen LogP contribution in [0.25, 0.3) is 11.2 Å². The summed E-state index contributed by atoms with van der Waals surface area (Å²) in [5, 5.41) is 3.44. The second-order valence-electron chi connectivity index (χ2n) is 5.95. The molecular weight excluding hydrogens is 236 g/mol. The molecule has 1 aliphatic carbocycles. The summed E-state index contributed by atoms with van der Waals surface area (Å²) in [5.41, 5.74) is 3.38. The van der Waals surface area contributed by atoms with Gasteiger partial charge < -0.3 is 9.88 Å². The van der Waals surface area contributed by atoms with Crippen molar-refractivity contribution in [2.45, 2.75) is 44.6 Å². The standard InChI is InChI=1S/C15H20N4/c1-10-8-13-15(17-9-10)19(12-4-6-16-7-5-12)14(18-13)11-2-3-11/h8-9,11-12,16H,2-7H2,1H3. The first-order chi connectivity index (χ1) is 9.33. The van der Waals surface area contributed by atoms with Crippen molar-refractivity contribution in [1.82, 2.24) is 19.9 Å². The van der Waals surface area contributed by atoms with Crippen molar-refractivity contribution in [3.8, 4) is 0 Å². The Hall–Kier alpha value is -1.42. The summed E-state index contributed by atoms with van der Waals surface area (Å²) < 4.78 is 2.45. The van der Waals surface area contributed by atoms with Crippen LogP contribution in [0.15, 0.2) is 12.3 Å². The van der Waals surface area contributed by atoms with Crippen LogP contribution >= 0.6 is 0 Å². The minimum Gasteiger partial charge on any atom is -0.317 e. The lowest BCUT2D eigenvalue weighted by atomic mass is 10.1. The zero-order valence-corrected chi connectivity index (χ0v) is 11.4. The topological polar surface area (TPSA) is 42.7 Å². The molecule has 0 bridgehead atoms. The lowest BCUT2D eigenvalue weighted by Crippen LogP contribution is -2.30. The molecule has 2 aliphatic rings. The fraction of sp³-hybridized carbons (Fsp3) is 0.600. The van der Waals surface area contributed by atoms with E-state index in [1.807, 2.05) is 6.20 Å². The van der Waals surface area contributed by atoms with Gasteiger partial charge in [0.25, 0.3) is 0 Å². The molecule has 1 N–H and O–H groups in total. The Balaban J connectivity index is 1.87. The molecule has 4 nitrogen and oxygen atoms in total. The van der Waals surface area contributed by atoms with Gasteiger partial charge in [0.05, 0.1) is 0 Å². The average molecular weight is 256 g/mol. The number of aromatic nitrogens is 3. The molecule has 0 spiro atoms. The zero-order chi connectivity index (χ0) is 12.8. The highest BCUT2D eigenvalue weighted by molar-refractivity contribution is 5.72. The van der Waals surface area contributed by atoms with Crippen molar-refractivity contribution in [3.05, 3.63) is 23.7 Å². The number of hydrogen-bond acceptors (Lipinski definition) is 3. The number of imidazole rings is 1. The van der Waals surface area contributed by atoms with E-state index in [-0.39, 0.29) is 0 Å². The third-order valence-electron chi connectivity index (χ3n) is 4.31. The summed E-state index contributed by atoms with van der Waals surface area (Å²) in [7, 11) is 0. The normalized spacial score (nSPS) is 21.1. The summed E-state index contributed by atoms with van der Waals surface area (Å²) >= 11 is 0. The van der Waals surface area contributed by atoms with E-state index in [9.17, 15) is 0 Å². The molecule has 0 unspecified atom stereocenters. The van der Waals surface area contributed by atoms with Crippen LogP contribution in [0.1, 0.15) is 49.0 Å². The van der Waals surface area contributed by atoms with E-state index in [1.54, 1.807) is 0 Å². The van der Waals surface area contributed by atoms with Gasteiger partial charge in [0.2, 0.25) is 0 Å². The molecule has 3 heterocycles. The monoisotopic (exact) mass is 256 g/mol. The number of fused-ring (bicyclic) bond motifs is 1. The van der Waals surface area contributed by atoms with Gasteiger partial charge in [-0.25, -0.2) is 9.97 Å². The second kappa shape index (κ2) is 4.30. The predicted molar refractivity (Wildman–Crippen MR) is 75.4 cm³/mol. The zero-order valence-electron chi connectivity index (χ0n) is 11.4. The molecular formula is C15H20N4. The minimum atomic E-state index is 0.581. The van der Waals surface area contributed by atoms with Gasteiger partial charge in [-0.1, -0.05) is 0 Å². The molecule has 2 aromatic rings. The van der Waals surface area contributed by atoms with E-state index in [1.165, 1.54) is 37.1 Å². The van der Waals surface area contributed by atoms with Crippen molar-refractivity contribution < 1.29 is 0 Å². The molecule has 100 valence electrons. The predicted octanol–water partition coefficient (Wildman–Crippen LogP) is 2.54. The van der Waals surface area contributed by atoms with E-state index in [0.29, 0.717) is 12.0 Å². The fourth-order valence-corrected chi connectivity index (χ4v) is 3.15. The smallest absolute Gasteiger partial charge is 0.160 e.